The number of benzene rings is 1. The molecule has 13 nitrogen and oxygen atoms in total. The van der Waals surface area contributed by atoms with Gasteiger partial charge in [0.1, 0.15) is 6.61 Å². The molecule has 1 heterocycles. The lowest BCUT2D eigenvalue weighted by atomic mass is 10.2. The van der Waals surface area contributed by atoms with Crippen molar-refractivity contribution >= 4 is 45.5 Å². The van der Waals surface area contributed by atoms with Crippen LogP contribution in [0.2, 0.25) is 0 Å². The number of primary amides is 1. The van der Waals surface area contributed by atoms with Gasteiger partial charge in [0.15, 0.2) is 0 Å². The van der Waals surface area contributed by atoms with E-state index in [2.05, 4.69) is 5.32 Å². The lowest BCUT2D eigenvalue weighted by molar-refractivity contribution is -0.384. The fourth-order valence-corrected chi connectivity index (χ4v) is 4.86. The number of rotatable bonds is 11. The van der Waals surface area contributed by atoms with Crippen LogP contribution in [0.1, 0.15) is 18.9 Å². The molecule has 188 valence electrons. The number of likely N-dealkylation sites (tertiary alicyclic amines) is 1. The largest absolute Gasteiger partial charge is 0.445 e. The summed E-state index contributed by atoms with van der Waals surface area (Å²) in [6.45, 7) is 1.16. The number of carbonyl (C=O) groups is 3. The Morgan fingerprint density at radius 2 is 1.97 bits per heavy atom. The van der Waals surface area contributed by atoms with Crippen molar-refractivity contribution in [1.29, 1.82) is 0 Å². The van der Waals surface area contributed by atoms with Crippen LogP contribution < -0.4 is 11.1 Å². The van der Waals surface area contributed by atoms with Gasteiger partial charge in [0.05, 0.1) is 35.6 Å². The van der Waals surface area contributed by atoms with E-state index < -0.39 is 50.3 Å². The summed E-state index contributed by atoms with van der Waals surface area (Å²) >= 11 is 1.21. The number of hydrogen-bond acceptors (Lipinski definition) is 10. The third-order valence-electron chi connectivity index (χ3n) is 4.78. The molecule has 0 radical (unpaired) electrons. The quantitative estimate of drug-likeness (QED) is 0.235. The summed E-state index contributed by atoms with van der Waals surface area (Å²) in [7, 11) is -3.76. The lowest BCUT2D eigenvalue weighted by Crippen LogP contribution is -2.40. The first kappa shape index (κ1) is 27.3. The van der Waals surface area contributed by atoms with Crippen molar-refractivity contribution in [1.82, 2.24) is 10.2 Å². The van der Waals surface area contributed by atoms with Gasteiger partial charge in [0.25, 0.3) is 15.8 Å². The number of hydrogen-bond donors (Lipinski definition) is 2. The van der Waals surface area contributed by atoms with Crippen LogP contribution in [0.25, 0.3) is 0 Å². The highest BCUT2D eigenvalue weighted by molar-refractivity contribution is 8.00. The van der Waals surface area contributed by atoms with E-state index in [1.165, 1.54) is 40.9 Å². The maximum absolute atomic E-state index is 12.7. The number of nitro groups is 1. The van der Waals surface area contributed by atoms with Gasteiger partial charge in [0, 0.05) is 23.9 Å². The predicted octanol–water partition coefficient (Wildman–Crippen LogP) is 0.374. The molecule has 1 saturated heterocycles. The number of ether oxygens (including phenoxy) is 1. The molecule has 0 saturated carbocycles. The summed E-state index contributed by atoms with van der Waals surface area (Å²) in [5, 5.41) is 12.6. The Balaban J connectivity index is 2.00. The highest BCUT2D eigenvalue weighted by Crippen LogP contribution is 2.27. The number of nitro benzene ring substituents is 1. The van der Waals surface area contributed by atoms with Crippen molar-refractivity contribution in [3.05, 3.63) is 39.9 Å². The van der Waals surface area contributed by atoms with E-state index in [0.717, 1.165) is 6.26 Å². The second kappa shape index (κ2) is 12.0. The van der Waals surface area contributed by atoms with E-state index in [1.807, 2.05) is 0 Å². The Morgan fingerprint density at radius 3 is 2.53 bits per heavy atom. The molecule has 3 amide bonds. The highest BCUT2D eigenvalue weighted by Gasteiger charge is 2.38. The first-order chi connectivity index (χ1) is 15.9. The molecule has 1 aliphatic heterocycles. The molecular weight excluding hydrogens is 492 g/mol. The van der Waals surface area contributed by atoms with E-state index in [9.17, 15) is 32.9 Å². The van der Waals surface area contributed by atoms with Gasteiger partial charge in [-0.3, -0.25) is 23.9 Å². The minimum Gasteiger partial charge on any atom is -0.445 e. The third kappa shape index (κ3) is 8.79. The molecule has 1 aromatic rings. The first-order valence-corrected chi connectivity index (χ1v) is 12.9. The predicted molar refractivity (Wildman–Crippen MR) is 122 cm³/mol. The summed E-state index contributed by atoms with van der Waals surface area (Å²) in [6, 6.07) is 5.03. The number of amides is 3. The monoisotopic (exact) mass is 518 g/mol. The maximum Gasteiger partial charge on any atom is 0.410 e. The van der Waals surface area contributed by atoms with E-state index in [1.54, 1.807) is 6.92 Å². The molecule has 3 atom stereocenters. The lowest BCUT2D eigenvalue weighted by Gasteiger charge is -2.24. The van der Waals surface area contributed by atoms with Crippen molar-refractivity contribution in [2.75, 3.05) is 25.1 Å². The van der Waals surface area contributed by atoms with Crippen LogP contribution in [0.4, 0.5) is 10.5 Å². The number of nitrogens with zero attached hydrogens (tertiary/aromatic N) is 2. The Morgan fingerprint density at radius 1 is 1.32 bits per heavy atom. The molecule has 2 rings (SSSR count). The average molecular weight is 519 g/mol. The van der Waals surface area contributed by atoms with E-state index in [4.69, 9.17) is 14.7 Å². The molecule has 1 fully saturated rings. The van der Waals surface area contributed by atoms with Gasteiger partial charge in [-0.15, -0.1) is 11.8 Å². The van der Waals surface area contributed by atoms with Crippen molar-refractivity contribution in [2.24, 2.45) is 5.73 Å². The second-order valence-electron chi connectivity index (χ2n) is 7.60. The molecule has 0 bridgehead atoms. The standard InChI is InChI=1S/C19H26N4O9S2/c1-12(18(25)21-8-17(20)24)33-11-15-7-16(32-34(2,29)30)9-22(15)19(26)31-10-13-3-5-14(6-4-13)23(27)28/h3-6,12,15-16H,7-11H2,1-2H3,(H2,20,24)(H,21,25). The summed E-state index contributed by atoms with van der Waals surface area (Å²) < 4.78 is 33.4. The first-order valence-electron chi connectivity index (χ1n) is 10.1. The van der Waals surface area contributed by atoms with Gasteiger partial charge < -0.3 is 20.7 Å². The van der Waals surface area contributed by atoms with Gasteiger partial charge in [-0.05, 0) is 31.0 Å². The van der Waals surface area contributed by atoms with Crippen LogP contribution >= 0.6 is 11.8 Å². The van der Waals surface area contributed by atoms with Gasteiger partial charge in [0.2, 0.25) is 11.8 Å². The van der Waals surface area contributed by atoms with E-state index in [0.29, 0.717) is 5.56 Å². The van der Waals surface area contributed by atoms with Crippen LogP contribution in [0.15, 0.2) is 24.3 Å². The summed E-state index contributed by atoms with van der Waals surface area (Å²) in [5.41, 5.74) is 5.45. The molecular formula is C19H26N4O9S2. The molecule has 3 N–H and O–H groups in total. The van der Waals surface area contributed by atoms with Crippen LogP contribution in [0.3, 0.4) is 0 Å². The van der Waals surface area contributed by atoms with Gasteiger partial charge in [-0.1, -0.05) is 0 Å². The number of nitrogens with one attached hydrogen (secondary N) is 1. The minimum atomic E-state index is -3.76. The normalized spacial score (nSPS) is 18.8. The summed E-state index contributed by atoms with van der Waals surface area (Å²) in [5.74, 6) is -0.802. The Kier molecular flexibility index (Phi) is 9.64. The number of thioether (sulfide) groups is 1. The maximum atomic E-state index is 12.7. The van der Waals surface area contributed by atoms with Crippen molar-refractivity contribution in [3.8, 4) is 0 Å². The van der Waals surface area contributed by atoms with Gasteiger partial charge >= 0.3 is 6.09 Å². The fourth-order valence-electron chi connectivity index (χ4n) is 3.16. The Hall–Kier alpha value is -2.91. The molecule has 3 unspecified atom stereocenters. The molecule has 34 heavy (non-hydrogen) atoms. The topological polar surface area (TPSA) is 188 Å². The summed E-state index contributed by atoms with van der Waals surface area (Å²) in [4.78, 5) is 47.1. The Labute approximate surface area is 200 Å². The zero-order chi connectivity index (χ0) is 25.5. The summed E-state index contributed by atoms with van der Waals surface area (Å²) in [6.07, 6.45) is -0.360. The zero-order valence-corrected chi connectivity index (χ0v) is 20.2. The van der Waals surface area contributed by atoms with Crippen molar-refractivity contribution in [2.45, 2.75) is 37.3 Å². The minimum absolute atomic E-state index is 0.0281. The van der Waals surface area contributed by atoms with Crippen LogP contribution in [0.5, 0.6) is 0 Å². The van der Waals surface area contributed by atoms with Crippen molar-refractivity contribution in [3.63, 3.8) is 0 Å². The number of nitrogens with two attached hydrogens (primary N) is 1. The van der Waals surface area contributed by atoms with Crippen LogP contribution in [0, 0.1) is 10.1 Å². The number of carbonyl (C=O) groups excluding carboxylic acids is 3. The zero-order valence-electron chi connectivity index (χ0n) is 18.5. The number of non-ortho nitro benzene ring substituents is 1. The fraction of sp³-hybridized carbons (Fsp3) is 0.526. The Bertz CT molecular complexity index is 1020. The molecule has 1 aliphatic rings. The van der Waals surface area contributed by atoms with Crippen LogP contribution in [-0.2, 0) is 35.2 Å². The van der Waals surface area contributed by atoms with Gasteiger partial charge in [-0.2, -0.15) is 8.42 Å². The van der Waals surface area contributed by atoms with Crippen LogP contribution in [-0.4, -0.2) is 78.6 Å². The van der Waals surface area contributed by atoms with E-state index >= 15 is 0 Å². The molecule has 0 aliphatic carbocycles. The third-order valence-corrected chi connectivity index (χ3v) is 6.69. The molecule has 0 spiro atoms. The molecule has 0 aromatic heterocycles. The second-order valence-corrected chi connectivity index (χ2v) is 10.6. The molecule has 15 heteroatoms. The van der Waals surface area contributed by atoms with E-state index in [-0.39, 0.29) is 37.6 Å². The average Bonchev–Trinajstić information content (AvgIpc) is 3.15. The van der Waals surface area contributed by atoms with Crippen molar-refractivity contribution < 1.29 is 36.6 Å². The smallest absolute Gasteiger partial charge is 0.410 e. The molecule has 1 aromatic carbocycles. The van der Waals surface area contributed by atoms with Gasteiger partial charge in [-0.25, -0.2) is 4.79 Å². The highest BCUT2D eigenvalue weighted by atomic mass is 32.2. The SMILES string of the molecule is CC(SCC1CC(OS(C)(=O)=O)CN1C(=O)OCc1ccc([N+](=O)[O-])cc1)C(=O)NCC(N)=O.